The average molecular weight is 387 g/mol. The number of hydrogen-bond acceptors (Lipinski definition) is 4. The van der Waals surface area contributed by atoms with Crippen LogP contribution in [0.1, 0.15) is 34.6 Å². The van der Waals surface area contributed by atoms with Crippen LogP contribution in [-0.2, 0) is 0 Å². The highest BCUT2D eigenvalue weighted by atomic mass is 16.6. The molecule has 0 fully saturated rings. The van der Waals surface area contributed by atoms with E-state index in [0.29, 0.717) is 6.61 Å². The van der Waals surface area contributed by atoms with E-state index in [-0.39, 0.29) is 17.4 Å². The minimum Gasteiger partial charge on any atom is -0.508 e. The van der Waals surface area contributed by atoms with Gasteiger partial charge in [-0.2, -0.15) is 0 Å². The van der Waals surface area contributed by atoms with E-state index in [4.69, 9.17) is 4.74 Å². The van der Waals surface area contributed by atoms with Crippen molar-refractivity contribution in [1.82, 2.24) is 0 Å². The Hall–Kier alpha value is -3.60. The molecule has 0 bridgehead atoms. The smallest absolute Gasteiger partial charge is 0.269 e. The van der Waals surface area contributed by atoms with Gasteiger partial charge < -0.3 is 9.84 Å². The monoisotopic (exact) mass is 387 g/mol. The van der Waals surface area contributed by atoms with Crippen LogP contribution in [0, 0.1) is 17.0 Å². The summed E-state index contributed by atoms with van der Waals surface area (Å²) in [5, 5.41) is 20.7. The Morgan fingerprint density at radius 2 is 1.79 bits per heavy atom. The van der Waals surface area contributed by atoms with Crippen LogP contribution in [0.2, 0.25) is 0 Å². The lowest BCUT2D eigenvalue weighted by atomic mass is 9.82. The maximum Gasteiger partial charge on any atom is 0.269 e. The van der Waals surface area contributed by atoms with E-state index in [1.807, 2.05) is 24.3 Å². The summed E-state index contributed by atoms with van der Waals surface area (Å²) in [6, 6.07) is 20.0. The molecule has 0 spiro atoms. The fourth-order valence-corrected chi connectivity index (χ4v) is 3.77. The van der Waals surface area contributed by atoms with Gasteiger partial charge in [-0.3, -0.25) is 10.1 Å². The number of aromatic hydroxyl groups is 1. The van der Waals surface area contributed by atoms with Gasteiger partial charge in [0.1, 0.15) is 11.5 Å². The molecule has 0 radical (unpaired) electrons. The van der Waals surface area contributed by atoms with Crippen molar-refractivity contribution in [3.8, 4) is 11.5 Å². The minimum absolute atomic E-state index is 0.0248. The van der Waals surface area contributed by atoms with Gasteiger partial charge >= 0.3 is 0 Å². The van der Waals surface area contributed by atoms with Crippen LogP contribution >= 0.6 is 0 Å². The minimum atomic E-state index is -0.394. The highest BCUT2D eigenvalue weighted by Gasteiger charge is 2.26. The van der Waals surface area contributed by atoms with Crippen LogP contribution in [0.25, 0.3) is 6.08 Å². The van der Waals surface area contributed by atoms with Gasteiger partial charge in [0.15, 0.2) is 0 Å². The molecule has 1 unspecified atom stereocenters. The second kappa shape index (κ2) is 7.80. The molecule has 0 saturated carbocycles. The lowest BCUT2D eigenvalue weighted by Crippen LogP contribution is -2.04. The van der Waals surface area contributed by atoms with Gasteiger partial charge in [-0.1, -0.05) is 41.5 Å². The number of phenols is 1. The molecule has 3 aromatic carbocycles. The topological polar surface area (TPSA) is 72.6 Å². The van der Waals surface area contributed by atoms with Crippen molar-refractivity contribution in [3.05, 3.63) is 105 Å². The van der Waals surface area contributed by atoms with E-state index in [9.17, 15) is 15.2 Å². The highest BCUT2D eigenvalue weighted by molar-refractivity contribution is 5.61. The number of benzene rings is 3. The summed E-state index contributed by atoms with van der Waals surface area (Å²) in [7, 11) is 0. The summed E-state index contributed by atoms with van der Waals surface area (Å²) < 4.78 is 6.02. The largest absolute Gasteiger partial charge is 0.508 e. The molecule has 146 valence electrons. The third-order valence-electron chi connectivity index (χ3n) is 5.18. The normalized spacial score (nSPS) is 17.3. The molecular weight excluding hydrogens is 366 g/mol. The molecule has 29 heavy (non-hydrogen) atoms. The maximum atomic E-state index is 10.9. The molecular formula is C24H21NO4. The van der Waals surface area contributed by atoms with Crippen molar-refractivity contribution in [2.45, 2.75) is 19.3 Å². The molecule has 4 rings (SSSR count). The summed E-state index contributed by atoms with van der Waals surface area (Å²) in [5.41, 5.74) is 5.44. The number of rotatable bonds is 3. The zero-order valence-electron chi connectivity index (χ0n) is 16.0. The van der Waals surface area contributed by atoms with E-state index in [2.05, 4.69) is 19.1 Å². The molecule has 1 aliphatic heterocycles. The first-order valence-electron chi connectivity index (χ1n) is 9.48. The number of non-ortho nitro benzene ring substituents is 1. The first-order valence-corrected chi connectivity index (χ1v) is 9.48. The van der Waals surface area contributed by atoms with Crippen LogP contribution in [0.3, 0.4) is 0 Å². The number of ether oxygens (including phenoxy) is 1. The van der Waals surface area contributed by atoms with E-state index in [0.717, 1.165) is 40.0 Å². The Bertz CT molecular complexity index is 1070. The van der Waals surface area contributed by atoms with Crippen molar-refractivity contribution < 1.29 is 14.8 Å². The van der Waals surface area contributed by atoms with Gasteiger partial charge in [0.05, 0.1) is 11.5 Å². The fourth-order valence-electron chi connectivity index (χ4n) is 3.77. The van der Waals surface area contributed by atoms with Gasteiger partial charge in [0, 0.05) is 30.0 Å². The molecule has 1 N–H and O–H groups in total. The third-order valence-corrected chi connectivity index (χ3v) is 5.18. The first kappa shape index (κ1) is 18.7. The summed E-state index contributed by atoms with van der Waals surface area (Å²) in [5.74, 6) is 1.06. The molecule has 0 aromatic heterocycles. The number of hydrogen-bond donors (Lipinski definition) is 1. The molecule has 0 aliphatic carbocycles. The van der Waals surface area contributed by atoms with Gasteiger partial charge in [0.25, 0.3) is 5.69 Å². The van der Waals surface area contributed by atoms with Crippen LogP contribution in [0.15, 0.2) is 72.3 Å². The van der Waals surface area contributed by atoms with Gasteiger partial charge in [-0.05, 0) is 48.4 Å². The molecule has 0 saturated heterocycles. The standard InChI is InChI=1S/C24H21NO4/c1-16-2-11-23-22(14-16)24(18-5-9-21(26)10-6-18)19(12-13-29-23)15-17-3-7-20(8-4-17)25(27)28/h2-11,14-15,24,26H,12-13H2,1H3/b19-15+. The predicted molar refractivity (Wildman–Crippen MR) is 112 cm³/mol. The second-order valence-electron chi connectivity index (χ2n) is 7.23. The van der Waals surface area contributed by atoms with Crippen molar-refractivity contribution in [2.24, 2.45) is 0 Å². The lowest BCUT2D eigenvalue weighted by molar-refractivity contribution is -0.384. The van der Waals surface area contributed by atoms with Gasteiger partial charge in [-0.25, -0.2) is 0 Å². The zero-order valence-corrected chi connectivity index (χ0v) is 16.0. The SMILES string of the molecule is Cc1ccc2c(c1)C(c1ccc(O)cc1)/C(=C/c1ccc([N+](=O)[O-])cc1)CCO2. The number of phenolic OH excluding ortho intramolecular Hbond substituents is 1. The average Bonchev–Trinajstić information content (AvgIpc) is 2.88. The Kier molecular flexibility index (Phi) is 5.04. The van der Waals surface area contributed by atoms with E-state index in [1.165, 1.54) is 12.1 Å². The predicted octanol–water partition coefficient (Wildman–Crippen LogP) is 5.61. The van der Waals surface area contributed by atoms with Crippen molar-refractivity contribution in [2.75, 3.05) is 6.61 Å². The second-order valence-corrected chi connectivity index (χ2v) is 7.23. The number of nitro benzene ring substituents is 1. The van der Waals surface area contributed by atoms with Gasteiger partial charge in [-0.15, -0.1) is 0 Å². The highest BCUT2D eigenvalue weighted by Crippen LogP contribution is 2.42. The zero-order chi connectivity index (χ0) is 20.4. The van der Waals surface area contributed by atoms with Crippen LogP contribution in [0.4, 0.5) is 5.69 Å². The molecule has 5 nitrogen and oxygen atoms in total. The summed E-state index contributed by atoms with van der Waals surface area (Å²) in [4.78, 5) is 10.5. The molecule has 3 aromatic rings. The van der Waals surface area contributed by atoms with Crippen LogP contribution in [0.5, 0.6) is 11.5 Å². The number of aryl methyl sites for hydroxylation is 1. The van der Waals surface area contributed by atoms with E-state index in [1.54, 1.807) is 24.3 Å². The van der Waals surface area contributed by atoms with Crippen LogP contribution < -0.4 is 4.74 Å². The molecule has 1 aliphatic rings. The Balaban J connectivity index is 1.84. The van der Waals surface area contributed by atoms with Crippen LogP contribution in [-0.4, -0.2) is 16.6 Å². The summed E-state index contributed by atoms with van der Waals surface area (Å²) in [6.45, 7) is 2.61. The first-order chi connectivity index (χ1) is 14.0. The van der Waals surface area contributed by atoms with E-state index < -0.39 is 4.92 Å². The Morgan fingerprint density at radius 3 is 2.48 bits per heavy atom. The summed E-state index contributed by atoms with van der Waals surface area (Å²) >= 11 is 0. The van der Waals surface area contributed by atoms with Gasteiger partial charge in [0.2, 0.25) is 0 Å². The molecule has 5 heteroatoms. The Morgan fingerprint density at radius 1 is 1.07 bits per heavy atom. The fraction of sp³-hybridized carbons (Fsp3) is 0.167. The molecule has 0 amide bonds. The number of nitro groups is 1. The van der Waals surface area contributed by atoms with Crippen molar-refractivity contribution in [3.63, 3.8) is 0 Å². The van der Waals surface area contributed by atoms with E-state index >= 15 is 0 Å². The number of fused-ring (bicyclic) bond motifs is 1. The molecule has 1 atom stereocenters. The number of nitrogens with zero attached hydrogens (tertiary/aromatic N) is 1. The third kappa shape index (κ3) is 3.99. The lowest BCUT2D eigenvalue weighted by Gasteiger charge is -2.21. The Labute approximate surface area is 169 Å². The van der Waals surface area contributed by atoms with Crippen molar-refractivity contribution in [1.29, 1.82) is 0 Å². The summed E-state index contributed by atoms with van der Waals surface area (Å²) in [6.07, 6.45) is 2.82. The quantitative estimate of drug-likeness (QED) is 0.468. The maximum absolute atomic E-state index is 10.9. The van der Waals surface area contributed by atoms with Crippen molar-refractivity contribution >= 4 is 11.8 Å². The molecule has 1 heterocycles.